The number of carbonyl (C=O) groups is 1. The van der Waals surface area contributed by atoms with Gasteiger partial charge in [0.2, 0.25) is 0 Å². The van der Waals surface area contributed by atoms with Crippen LogP contribution in [0.5, 0.6) is 0 Å². The van der Waals surface area contributed by atoms with Crippen molar-refractivity contribution in [2.75, 3.05) is 0 Å². The van der Waals surface area contributed by atoms with Crippen molar-refractivity contribution >= 4 is 14.8 Å². The Bertz CT molecular complexity index is 170. The summed E-state index contributed by atoms with van der Waals surface area (Å²) < 4.78 is 5.76. The van der Waals surface area contributed by atoms with Gasteiger partial charge < -0.3 is 4.43 Å². The van der Waals surface area contributed by atoms with Crippen LogP contribution in [0, 0.1) is 5.41 Å². The van der Waals surface area contributed by atoms with Gasteiger partial charge in [-0.05, 0) is 18.5 Å². The maximum atomic E-state index is 11.6. The first kappa shape index (κ1) is 12.8. The molecule has 78 valence electrons. The number of hydrogen-bond acceptors (Lipinski definition) is 2. The maximum absolute atomic E-state index is 11.6. The van der Waals surface area contributed by atoms with E-state index in [9.17, 15) is 4.79 Å². The largest absolute Gasteiger partial charge is 0.410 e. The van der Waals surface area contributed by atoms with Gasteiger partial charge in [0, 0.05) is 6.42 Å². The first-order chi connectivity index (χ1) is 5.79. The smallest absolute Gasteiger partial charge is 0.171 e. The lowest BCUT2D eigenvalue weighted by Crippen LogP contribution is -2.39. The standard InChI is InChI=1S/C10H22O2Si/c1-7-8(11)9(10(2,3)4)12-13(5)6/h9,13H,7H2,1-6H3. The van der Waals surface area contributed by atoms with Crippen LogP contribution in [0.3, 0.4) is 0 Å². The number of ketones is 1. The molecule has 0 radical (unpaired) electrons. The van der Waals surface area contributed by atoms with Gasteiger partial charge in [0.05, 0.1) is 0 Å². The van der Waals surface area contributed by atoms with Crippen molar-refractivity contribution in [1.82, 2.24) is 0 Å². The molecule has 0 aromatic heterocycles. The maximum Gasteiger partial charge on any atom is 0.171 e. The summed E-state index contributed by atoms with van der Waals surface area (Å²) in [5.41, 5.74) is -0.0651. The van der Waals surface area contributed by atoms with Crippen molar-refractivity contribution in [2.24, 2.45) is 5.41 Å². The second-order valence-corrected chi connectivity index (χ2v) is 7.12. The molecule has 0 fully saturated rings. The Balaban J connectivity index is 4.47. The third kappa shape index (κ3) is 4.57. The summed E-state index contributed by atoms with van der Waals surface area (Å²) >= 11 is 0. The zero-order chi connectivity index (χ0) is 10.6. The average molecular weight is 202 g/mol. The van der Waals surface area contributed by atoms with Crippen LogP contribution >= 0.6 is 0 Å². The van der Waals surface area contributed by atoms with Crippen molar-refractivity contribution < 1.29 is 9.22 Å². The fourth-order valence-electron chi connectivity index (χ4n) is 1.22. The van der Waals surface area contributed by atoms with Crippen molar-refractivity contribution in [3.63, 3.8) is 0 Å². The first-order valence-electron chi connectivity index (χ1n) is 4.97. The molecule has 0 rings (SSSR count). The molecule has 0 saturated carbocycles. The summed E-state index contributed by atoms with van der Waals surface area (Å²) in [5, 5.41) is 0. The van der Waals surface area contributed by atoms with Gasteiger partial charge in [0.25, 0.3) is 0 Å². The van der Waals surface area contributed by atoms with Gasteiger partial charge in [0.15, 0.2) is 14.8 Å². The predicted molar refractivity (Wildman–Crippen MR) is 58.5 cm³/mol. The van der Waals surface area contributed by atoms with E-state index in [0.717, 1.165) is 0 Å². The molecule has 0 aliphatic rings. The molecule has 0 heterocycles. The van der Waals surface area contributed by atoms with Crippen LogP contribution in [-0.2, 0) is 9.22 Å². The monoisotopic (exact) mass is 202 g/mol. The highest BCUT2D eigenvalue weighted by atomic mass is 28.3. The molecule has 0 saturated heterocycles. The Morgan fingerprint density at radius 3 is 2.08 bits per heavy atom. The summed E-state index contributed by atoms with van der Waals surface area (Å²) in [6, 6.07) is 0. The summed E-state index contributed by atoms with van der Waals surface area (Å²) in [6.07, 6.45) is 0.368. The molecule has 0 aliphatic carbocycles. The molecule has 13 heavy (non-hydrogen) atoms. The third-order valence-corrected chi connectivity index (χ3v) is 2.65. The minimum absolute atomic E-state index is 0.0651. The van der Waals surface area contributed by atoms with E-state index in [1.807, 2.05) is 6.92 Å². The summed E-state index contributed by atoms with van der Waals surface area (Å²) in [7, 11) is -1.12. The Morgan fingerprint density at radius 1 is 1.38 bits per heavy atom. The van der Waals surface area contributed by atoms with E-state index in [0.29, 0.717) is 6.42 Å². The molecule has 0 aromatic rings. The van der Waals surface area contributed by atoms with E-state index in [-0.39, 0.29) is 17.3 Å². The summed E-state index contributed by atoms with van der Waals surface area (Å²) in [6.45, 7) is 12.3. The number of carbonyl (C=O) groups excluding carboxylic acids is 1. The van der Waals surface area contributed by atoms with Crippen LogP contribution in [0.25, 0.3) is 0 Å². The molecule has 0 N–H and O–H groups in total. The van der Waals surface area contributed by atoms with E-state index in [1.165, 1.54) is 0 Å². The highest BCUT2D eigenvalue weighted by Gasteiger charge is 2.31. The Morgan fingerprint density at radius 2 is 1.85 bits per heavy atom. The SMILES string of the molecule is CCC(=O)C(O[SiH](C)C)C(C)(C)C. The highest BCUT2D eigenvalue weighted by Crippen LogP contribution is 2.24. The first-order valence-corrected chi connectivity index (χ1v) is 7.75. The second kappa shape index (κ2) is 4.91. The molecule has 0 bridgehead atoms. The zero-order valence-electron chi connectivity index (χ0n) is 9.68. The Kier molecular flexibility index (Phi) is 4.85. The van der Waals surface area contributed by atoms with E-state index in [2.05, 4.69) is 33.9 Å². The molecule has 3 heteroatoms. The highest BCUT2D eigenvalue weighted by molar-refractivity contribution is 6.48. The van der Waals surface area contributed by atoms with Crippen molar-refractivity contribution in [3.8, 4) is 0 Å². The van der Waals surface area contributed by atoms with Crippen LogP contribution in [0.4, 0.5) is 0 Å². The number of hydrogen-bond donors (Lipinski definition) is 0. The lowest BCUT2D eigenvalue weighted by molar-refractivity contribution is -0.130. The van der Waals surface area contributed by atoms with Crippen LogP contribution in [-0.4, -0.2) is 20.9 Å². The summed E-state index contributed by atoms with van der Waals surface area (Å²) in [4.78, 5) is 11.6. The second-order valence-electron chi connectivity index (χ2n) is 4.75. The third-order valence-electron chi connectivity index (χ3n) is 1.84. The number of rotatable bonds is 4. The van der Waals surface area contributed by atoms with Gasteiger partial charge in [-0.3, -0.25) is 4.79 Å². The molecule has 0 aromatic carbocycles. The van der Waals surface area contributed by atoms with E-state index in [1.54, 1.807) is 0 Å². The molecule has 1 unspecified atom stereocenters. The van der Waals surface area contributed by atoms with Gasteiger partial charge in [-0.15, -0.1) is 0 Å². The Labute approximate surface area is 83.4 Å². The van der Waals surface area contributed by atoms with E-state index in [4.69, 9.17) is 4.43 Å². The zero-order valence-corrected chi connectivity index (χ0v) is 10.8. The van der Waals surface area contributed by atoms with Crippen LogP contribution in [0.15, 0.2) is 0 Å². The fraction of sp³-hybridized carbons (Fsp3) is 0.900. The van der Waals surface area contributed by atoms with Crippen molar-refractivity contribution in [2.45, 2.75) is 53.3 Å². The van der Waals surface area contributed by atoms with Gasteiger partial charge in [-0.25, -0.2) is 0 Å². The van der Waals surface area contributed by atoms with Crippen LogP contribution in [0.2, 0.25) is 13.1 Å². The molecular formula is C10H22O2Si. The average Bonchev–Trinajstić information content (AvgIpc) is 1.96. The quantitative estimate of drug-likeness (QED) is 0.654. The minimum Gasteiger partial charge on any atom is -0.410 e. The van der Waals surface area contributed by atoms with Crippen LogP contribution < -0.4 is 0 Å². The molecule has 0 aliphatic heterocycles. The van der Waals surface area contributed by atoms with Crippen molar-refractivity contribution in [3.05, 3.63) is 0 Å². The van der Waals surface area contributed by atoms with Crippen molar-refractivity contribution in [1.29, 1.82) is 0 Å². The Hall–Kier alpha value is -0.153. The molecule has 0 spiro atoms. The van der Waals surface area contributed by atoms with Gasteiger partial charge in [-0.1, -0.05) is 27.7 Å². The topological polar surface area (TPSA) is 26.3 Å². The molecule has 2 nitrogen and oxygen atoms in total. The minimum atomic E-state index is -1.12. The fourth-order valence-corrected chi connectivity index (χ4v) is 2.32. The van der Waals surface area contributed by atoms with Gasteiger partial charge in [-0.2, -0.15) is 0 Å². The van der Waals surface area contributed by atoms with Gasteiger partial charge >= 0.3 is 0 Å². The molecule has 0 amide bonds. The summed E-state index contributed by atoms with van der Waals surface area (Å²) in [5.74, 6) is 0.230. The van der Waals surface area contributed by atoms with Gasteiger partial charge in [0.1, 0.15) is 6.10 Å². The normalized spacial score (nSPS) is 14.7. The predicted octanol–water partition coefficient (Wildman–Crippen LogP) is 2.38. The number of Topliss-reactive ketones (excluding diaryl/α,β-unsaturated/α-hetero) is 1. The molecule has 1 atom stereocenters. The molecular weight excluding hydrogens is 180 g/mol. The lowest BCUT2D eigenvalue weighted by Gasteiger charge is -2.31. The van der Waals surface area contributed by atoms with E-state index < -0.39 is 9.04 Å². The van der Waals surface area contributed by atoms with Crippen LogP contribution in [0.1, 0.15) is 34.1 Å². The van der Waals surface area contributed by atoms with E-state index >= 15 is 0 Å². The lowest BCUT2D eigenvalue weighted by atomic mass is 9.86.